The lowest BCUT2D eigenvalue weighted by molar-refractivity contribution is 0.241. The second-order valence-corrected chi connectivity index (χ2v) is 8.56. The fraction of sp³-hybridized carbons (Fsp3) is 0.364. The molecule has 0 spiro atoms. The number of nitrogens with one attached hydrogen (secondary N) is 1. The summed E-state index contributed by atoms with van der Waals surface area (Å²) in [5, 5.41) is 25.5. The summed E-state index contributed by atoms with van der Waals surface area (Å²) in [6.07, 6.45) is 3.86. The van der Waals surface area contributed by atoms with Crippen LogP contribution in [0.5, 0.6) is 0 Å². The minimum atomic E-state index is -0.420. The van der Waals surface area contributed by atoms with Crippen molar-refractivity contribution in [2.45, 2.75) is 39.0 Å². The number of halogens is 1. The molecule has 1 N–H and O–H groups in total. The van der Waals surface area contributed by atoms with Crippen LogP contribution in [-0.2, 0) is 26.1 Å². The number of anilines is 1. The van der Waals surface area contributed by atoms with Gasteiger partial charge in [0.25, 0.3) is 0 Å². The summed E-state index contributed by atoms with van der Waals surface area (Å²) < 4.78 is 18.2. The van der Waals surface area contributed by atoms with Gasteiger partial charge in [-0.05, 0) is 25.1 Å². The molecule has 4 aromatic rings. The van der Waals surface area contributed by atoms with Gasteiger partial charge in [-0.3, -0.25) is 14.7 Å². The van der Waals surface area contributed by atoms with E-state index in [0.717, 1.165) is 43.1 Å². The van der Waals surface area contributed by atoms with Crippen molar-refractivity contribution >= 4 is 11.2 Å². The van der Waals surface area contributed by atoms with E-state index in [1.807, 2.05) is 12.1 Å². The normalized spacial score (nSPS) is 18.5. The molecule has 0 aromatic carbocycles. The number of H-pyrrole nitrogens is 1. The first-order valence-corrected chi connectivity index (χ1v) is 10.7. The molecule has 2 aliphatic heterocycles. The highest BCUT2D eigenvalue weighted by Crippen LogP contribution is 2.34. The van der Waals surface area contributed by atoms with E-state index >= 15 is 0 Å². The molecule has 6 rings (SSSR count). The Balaban J connectivity index is 1.36. The Morgan fingerprint density at radius 3 is 3.00 bits per heavy atom. The van der Waals surface area contributed by atoms with Crippen LogP contribution in [0.4, 0.5) is 10.1 Å². The minimum absolute atomic E-state index is 0.145. The molecule has 10 heteroatoms. The van der Waals surface area contributed by atoms with Gasteiger partial charge in [-0.15, -0.1) is 0 Å². The maximum Gasteiger partial charge on any atom is 0.171 e. The molecule has 0 fully saturated rings. The van der Waals surface area contributed by atoms with Crippen molar-refractivity contribution in [2.75, 3.05) is 18.0 Å². The van der Waals surface area contributed by atoms with E-state index in [1.54, 1.807) is 12.3 Å². The highest BCUT2D eigenvalue weighted by atomic mass is 19.1. The van der Waals surface area contributed by atoms with Gasteiger partial charge in [0.1, 0.15) is 17.3 Å². The van der Waals surface area contributed by atoms with E-state index in [2.05, 4.69) is 42.8 Å². The summed E-state index contributed by atoms with van der Waals surface area (Å²) in [5.74, 6) is -0.420. The lowest BCUT2D eigenvalue weighted by atomic mass is 10.0. The maximum absolute atomic E-state index is 14.7. The van der Waals surface area contributed by atoms with E-state index in [4.69, 9.17) is 5.10 Å². The van der Waals surface area contributed by atoms with Crippen LogP contribution < -0.4 is 4.90 Å². The highest BCUT2D eigenvalue weighted by molar-refractivity contribution is 5.75. The number of rotatable bonds is 3. The number of hydrogen-bond acceptors (Lipinski definition) is 6. The molecule has 0 aliphatic carbocycles. The van der Waals surface area contributed by atoms with Crippen LogP contribution >= 0.6 is 0 Å². The zero-order chi connectivity index (χ0) is 21.8. The molecular weight excluding hydrogens is 409 g/mol. The second kappa shape index (κ2) is 7.17. The van der Waals surface area contributed by atoms with Crippen molar-refractivity contribution in [3.05, 3.63) is 64.7 Å². The van der Waals surface area contributed by atoms with Gasteiger partial charge < -0.3 is 4.90 Å². The molecule has 0 unspecified atom stereocenters. The van der Waals surface area contributed by atoms with Gasteiger partial charge in [0, 0.05) is 50.1 Å². The fourth-order valence-corrected chi connectivity index (χ4v) is 5.00. The number of nitriles is 1. The highest BCUT2D eigenvalue weighted by Gasteiger charge is 2.32. The summed E-state index contributed by atoms with van der Waals surface area (Å²) in [7, 11) is 0. The van der Waals surface area contributed by atoms with Crippen molar-refractivity contribution in [1.29, 1.82) is 5.26 Å². The van der Waals surface area contributed by atoms with Crippen LogP contribution in [0.1, 0.15) is 41.3 Å². The standard InChI is InChI=1S/C22H22FN9/c1-14-10-30(20-3-2-16(8-24)32-22(20)18(23)9-26-32)13-21-17-12-29(11-15-4-6-25-27-15)7-5-19(17)28-31(14)21/h2-4,6,9,14H,5,7,10-13H2,1H3,(H,25,27)/t14-/m1/s1. The summed E-state index contributed by atoms with van der Waals surface area (Å²) >= 11 is 0. The van der Waals surface area contributed by atoms with E-state index in [9.17, 15) is 9.65 Å². The zero-order valence-electron chi connectivity index (χ0n) is 17.7. The van der Waals surface area contributed by atoms with Crippen molar-refractivity contribution in [2.24, 2.45) is 0 Å². The van der Waals surface area contributed by atoms with E-state index in [-0.39, 0.29) is 6.04 Å². The molecule has 1 atom stereocenters. The van der Waals surface area contributed by atoms with Gasteiger partial charge in [0.05, 0.1) is 35.9 Å². The molecule has 6 heterocycles. The second-order valence-electron chi connectivity index (χ2n) is 8.56. The van der Waals surface area contributed by atoms with Gasteiger partial charge in [-0.25, -0.2) is 8.91 Å². The SMILES string of the molecule is C[C@@H]1CN(c2ccc(C#N)n3ncc(F)c23)Cc2c3c(nn21)CCN(Cc1ccn[nH]1)C3. The van der Waals surface area contributed by atoms with E-state index in [0.29, 0.717) is 24.3 Å². The molecule has 32 heavy (non-hydrogen) atoms. The van der Waals surface area contributed by atoms with Gasteiger partial charge in [0.15, 0.2) is 5.82 Å². The summed E-state index contributed by atoms with van der Waals surface area (Å²) in [6, 6.07) is 7.76. The average molecular weight is 431 g/mol. The Kier molecular flexibility index (Phi) is 4.26. The van der Waals surface area contributed by atoms with Crippen molar-refractivity contribution in [3.63, 3.8) is 0 Å². The van der Waals surface area contributed by atoms with Gasteiger partial charge in [-0.2, -0.15) is 20.6 Å². The lowest BCUT2D eigenvalue weighted by Gasteiger charge is -2.35. The molecule has 2 aliphatic rings. The molecule has 4 aromatic heterocycles. The molecule has 0 saturated carbocycles. The van der Waals surface area contributed by atoms with Gasteiger partial charge in [0.2, 0.25) is 0 Å². The average Bonchev–Trinajstić information content (AvgIpc) is 3.53. The zero-order valence-corrected chi connectivity index (χ0v) is 17.7. The third-order valence-corrected chi connectivity index (χ3v) is 6.49. The first-order chi connectivity index (χ1) is 15.6. The Morgan fingerprint density at radius 1 is 1.28 bits per heavy atom. The Labute approximate surface area is 183 Å². The molecule has 0 amide bonds. The largest absolute Gasteiger partial charge is 0.362 e. The number of aromatic amines is 1. The summed E-state index contributed by atoms with van der Waals surface area (Å²) in [4.78, 5) is 4.58. The Morgan fingerprint density at radius 2 is 2.19 bits per heavy atom. The molecule has 9 nitrogen and oxygen atoms in total. The minimum Gasteiger partial charge on any atom is -0.362 e. The number of nitrogens with zero attached hydrogens (tertiary/aromatic N) is 8. The molecule has 0 saturated heterocycles. The monoisotopic (exact) mass is 431 g/mol. The van der Waals surface area contributed by atoms with Crippen LogP contribution in [-0.4, -0.2) is 47.6 Å². The summed E-state index contributed by atoms with van der Waals surface area (Å²) in [5.41, 5.74) is 6.11. The molecular formula is C22H22FN9. The topological polar surface area (TPSA) is 94.1 Å². The van der Waals surface area contributed by atoms with Crippen LogP contribution in [0.15, 0.2) is 30.6 Å². The third kappa shape index (κ3) is 2.89. The Bertz CT molecular complexity index is 1340. The quantitative estimate of drug-likeness (QED) is 0.535. The lowest BCUT2D eigenvalue weighted by Crippen LogP contribution is -2.37. The first kappa shape index (κ1) is 19.0. The molecule has 162 valence electrons. The van der Waals surface area contributed by atoms with Crippen molar-refractivity contribution < 1.29 is 4.39 Å². The summed E-state index contributed by atoms with van der Waals surface area (Å²) in [6.45, 7) is 6.09. The number of aromatic nitrogens is 6. The third-order valence-electron chi connectivity index (χ3n) is 6.49. The Hall–Kier alpha value is -3.71. The first-order valence-electron chi connectivity index (χ1n) is 10.7. The van der Waals surface area contributed by atoms with Crippen molar-refractivity contribution in [3.8, 4) is 6.07 Å². The van der Waals surface area contributed by atoms with Crippen molar-refractivity contribution in [1.82, 2.24) is 34.5 Å². The van der Waals surface area contributed by atoms with Gasteiger partial charge in [-0.1, -0.05) is 0 Å². The van der Waals surface area contributed by atoms with E-state index < -0.39 is 5.82 Å². The predicted molar refractivity (Wildman–Crippen MR) is 114 cm³/mol. The predicted octanol–water partition coefficient (Wildman–Crippen LogP) is 2.40. The number of hydrogen-bond donors (Lipinski definition) is 1. The molecule has 0 radical (unpaired) electrons. The molecule has 0 bridgehead atoms. The van der Waals surface area contributed by atoms with Crippen LogP contribution in [0.3, 0.4) is 0 Å². The van der Waals surface area contributed by atoms with Gasteiger partial charge >= 0.3 is 0 Å². The number of pyridine rings is 1. The van der Waals surface area contributed by atoms with Crippen LogP contribution in [0.2, 0.25) is 0 Å². The maximum atomic E-state index is 14.7. The fourth-order valence-electron chi connectivity index (χ4n) is 5.00. The van der Waals surface area contributed by atoms with Crippen LogP contribution in [0.25, 0.3) is 5.52 Å². The van der Waals surface area contributed by atoms with Crippen LogP contribution in [0, 0.1) is 17.1 Å². The number of fused-ring (bicyclic) bond motifs is 4. The van der Waals surface area contributed by atoms with E-state index in [1.165, 1.54) is 22.0 Å². The smallest absolute Gasteiger partial charge is 0.171 e.